The number of esters is 2. The largest absolute Gasteiger partial charge is 0.467 e. The zero-order valence-corrected chi connectivity index (χ0v) is 59.7. The number of rotatable bonds is 34. The molecule has 6 aliphatic rings. The van der Waals surface area contributed by atoms with E-state index in [1.54, 1.807) is 63.2 Å². The Hall–Kier alpha value is -7.46. The molecular weight excluding hydrogens is 1300 g/mol. The molecular formula is C70H105N9O17S2. The molecule has 28 heteroatoms. The molecule has 0 aromatic heterocycles. The standard InChI is InChI=1S/C42H63N5O10S.C28H42N4O7S/c1-8-28-24-42(28,45-34(48)32-25-41(26-40(41,5)6)27-47(32)38(52)57-39(2,3)4)36(50)46-58(53,54)33-22-16-15-20-30(33)43-23-17-11-9-10-12-21-31(35(49)55-7)44-37(51)56-29-18-13-14-19-29;1-3-20-19-28(20,29)26(34)32-40(36,37)24-17-11-10-15-22(24)30-18-12-6-4-5-7-16-23(25(33)38-2)31-27(35)39-21-13-8-9-14-21/h8,15-16,20,22,28-29,31-32,43H,1,9-14,17-19,21,23-27H2,2-7H3,(H,44,51)(H,45,48)(H,46,50);3,10-11,15,17,20-21,23,30H,1,4-9,12-14,16,18-19,29H2,2H3,(H,31,35)(H,32,34)/t28-,31+,32+,41+,42-;20-,23+,28-/m11/s1. The maximum atomic E-state index is 14.0. The molecule has 1 spiro atoms. The normalized spacial score (nSPS) is 23.6. The van der Waals surface area contributed by atoms with Crippen LogP contribution in [0.25, 0.3) is 0 Å². The van der Waals surface area contributed by atoms with E-state index in [1.807, 2.05) is 0 Å². The molecule has 6 fully saturated rings. The zero-order chi connectivity index (χ0) is 71.7. The smallest absolute Gasteiger partial charge is 0.410 e. The van der Waals surface area contributed by atoms with E-state index in [0.717, 1.165) is 116 Å². The van der Waals surface area contributed by atoms with E-state index in [1.165, 1.54) is 37.3 Å². The third kappa shape index (κ3) is 21.0. The van der Waals surface area contributed by atoms with Gasteiger partial charge in [-0.15, -0.1) is 13.2 Å². The van der Waals surface area contributed by atoms with Crippen LogP contribution in [0.4, 0.5) is 25.8 Å². The molecule has 2 aromatic carbocycles. The minimum absolute atomic E-state index is 0.0180. The Labute approximate surface area is 578 Å². The molecule has 5 saturated carbocycles. The molecule has 544 valence electrons. The number of hydrogen-bond donors (Lipinski definition) is 8. The molecule has 9 N–H and O–H groups in total. The number of carbonyl (C=O) groups excluding carboxylic acids is 8. The van der Waals surface area contributed by atoms with Gasteiger partial charge in [0.05, 0.1) is 25.6 Å². The van der Waals surface area contributed by atoms with E-state index in [0.29, 0.717) is 63.1 Å². The van der Waals surface area contributed by atoms with Crippen LogP contribution in [0.2, 0.25) is 0 Å². The van der Waals surface area contributed by atoms with Gasteiger partial charge < -0.3 is 56.0 Å². The van der Waals surface area contributed by atoms with Gasteiger partial charge in [0.2, 0.25) is 5.91 Å². The highest BCUT2D eigenvalue weighted by Gasteiger charge is 2.69. The third-order valence-corrected chi connectivity index (χ3v) is 22.5. The van der Waals surface area contributed by atoms with Crippen molar-refractivity contribution in [1.29, 1.82) is 0 Å². The molecule has 5 aliphatic carbocycles. The molecule has 8 rings (SSSR count). The Bertz CT molecular complexity index is 3410. The van der Waals surface area contributed by atoms with Gasteiger partial charge in [-0.3, -0.25) is 19.3 Å². The van der Waals surface area contributed by atoms with Gasteiger partial charge in [-0.25, -0.2) is 50.3 Å². The molecule has 0 bridgehead atoms. The molecule has 1 aliphatic heterocycles. The first-order valence-corrected chi connectivity index (χ1v) is 37.6. The van der Waals surface area contributed by atoms with Crippen LogP contribution < -0.4 is 41.8 Å². The quantitative estimate of drug-likeness (QED) is 0.0140. The van der Waals surface area contributed by atoms with Crippen molar-refractivity contribution < 1.29 is 78.9 Å². The summed E-state index contributed by atoms with van der Waals surface area (Å²) in [6.45, 7) is 18.3. The van der Waals surface area contributed by atoms with Gasteiger partial charge in [0.25, 0.3) is 31.9 Å². The van der Waals surface area contributed by atoms with Crippen molar-refractivity contribution in [3.05, 3.63) is 73.8 Å². The molecule has 1 saturated heterocycles. The lowest BCUT2D eigenvalue weighted by Gasteiger charge is -2.29. The highest BCUT2D eigenvalue weighted by molar-refractivity contribution is 7.90. The number of benzene rings is 2. The Balaban J connectivity index is 0.000000296. The summed E-state index contributed by atoms with van der Waals surface area (Å²) in [4.78, 5) is 104. The summed E-state index contributed by atoms with van der Waals surface area (Å²) >= 11 is 0. The highest BCUT2D eigenvalue weighted by atomic mass is 32.2. The van der Waals surface area contributed by atoms with Crippen LogP contribution in [-0.2, 0) is 67.7 Å². The van der Waals surface area contributed by atoms with Gasteiger partial charge in [-0.1, -0.05) is 102 Å². The number of nitrogens with one attached hydrogen (secondary N) is 7. The molecule has 98 heavy (non-hydrogen) atoms. The van der Waals surface area contributed by atoms with E-state index < -0.39 is 109 Å². The summed E-state index contributed by atoms with van der Waals surface area (Å²) in [5.41, 5.74) is 2.85. The number of unbranched alkanes of at least 4 members (excludes halogenated alkanes) is 8. The Morgan fingerprint density at radius 3 is 1.46 bits per heavy atom. The van der Waals surface area contributed by atoms with E-state index in [9.17, 15) is 55.2 Å². The number of nitrogens with zero attached hydrogens (tertiary/aromatic N) is 1. The fraction of sp³-hybridized carbons (Fsp3) is 0.657. The minimum Gasteiger partial charge on any atom is -0.467 e. The van der Waals surface area contributed by atoms with Crippen molar-refractivity contribution in [2.75, 3.05) is 44.5 Å². The van der Waals surface area contributed by atoms with Crippen LogP contribution >= 0.6 is 0 Å². The van der Waals surface area contributed by atoms with Gasteiger partial charge in [0, 0.05) is 31.5 Å². The van der Waals surface area contributed by atoms with Crippen LogP contribution in [-0.4, -0.2) is 151 Å². The lowest BCUT2D eigenvalue weighted by atomic mass is 9.93. The maximum absolute atomic E-state index is 14.0. The first-order valence-electron chi connectivity index (χ1n) is 34.6. The van der Waals surface area contributed by atoms with Crippen molar-refractivity contribution in [3.8, 4) is 0 Å². The third-order valence-electron chi connectivity index (χ3n) is 19.8. The number of alkyl carbamates (subject to hydrolysis) is 2. The van der Waals surface area contributed by atoms with Gasteiger partial charge >= 0.3 is 30.2 Å². The van der Waals surface area contributed by atoms with Crippen LogP contribution in [0.1, 0.15) is 189 Å². The topological polar surface area (TPSA) is 364 Å². The summed E-state index contributed by atoms with van der Waals surface area (Å²) in [6.07, 6.45) is 19.4. The van der Waals surface area contributed by atoms with Crippen LogP contribution in [0, 0.1) is 22.7 Å². The molecule has 1 heterocycles. The van der Waals surface area contributed by atoms with Crippen LogP contribution in [0.15, 0.2) is 83.6 Å². The fourth-order valence-electron chi connectivity index (χ4n) is 13.5. The van der Waals surface area contributed by atoms with E-state index in [4.69, 9.17) is 29.4 Å². The van der Waals surface area contributed by atoms with Crippen LogP contribution in [0.3, 0.4) is 0 Å². The molecule has 0 unspecified atom stereocenters. The van der Waals surface area contributed by atoms with E-state index >= 15 is 0 Å². The van der Waals surface area contributed by atoms with Crippen molar-refractivity contribution in [1.82, 2.24) is 30.3 Å². The average Bonchev–Trinajstić information content (AvgIpc) is 1.41. The minimum atomic E-state index is -4.38. The molecule has 8 atom stereocenters. The Kier molecular flexibility index (Phi) is 27.1. The number of para-hydroxylation sites is 2. The van der Waals surface area contributed by atoms with E-state index in [-0.39, 0.29) is 45.2 Å². The molecule has 6 amide bonds. The Morgan fingerprint density at radius 1 is 0.622 bits per heavy atom. The Morgan fingerprint density at radius 2 is 1.05 bits per heavy atom. The van der Waals surface area contributed by atoms with Crippen molar-refractivity contribution in [2.45, 2.75) is 246 Å². The van der Waals surface area contributed by atoms with Gasteiger partial charge in [0.1, 0.15) is 56.8 Å². The van der Waals surface area contributed by atoms with Gasteiger partial charge in [0.15, 0.2) is 0 Å². The van der Waals surface area contributed by atoms with E-state index in [2.05, 4.69) is 63.0 Å². The number of carbonyl (C=O) groups is 8. The number of methoxy groups -OCH3 is 2. The fourth-order valence-corrected chi connectivity index (χ4v) is 15.9. The number of amides is 6. The van der Waals surface area contributed by atoms with Gasteiger partial charge in [-0.05, 0) is 159 Å². The summed E-state index contributed by atoms with van der Waals surface area (Å²) in [7, 11) is -5.91. The molecule has 0 radical (unpaired) electrons. The SMILES string of the molecule is C=C[C@@H]1C[C@]1(N)C(=O)NS(=O)(=O)c1ccccc1NCCCCCCC[C@H](NC(=O)OC1CCCC1)C(=O)OC.C=C[C@@H]1C[C@]1(NC(=O)[C@@H]1C[C@@]2(CN1C(=O)OC(C)(C)C)CC2(C)C)C(=O)NS(=O)(=O)c1ccccc1NCCCCCCC[C@H](NC(=O)OC1CCCC1)C(=O)OC. The number of hydrogen-bond acceptors (Lipinski definition) is 20. The second-order valence-electron chi connectivity index (χ2n) is 28.7. The number of likely N-dealkylation sites (tertiary alicyclic amines) is 1. The second-order valence-corrected chi connectivity index (χ2v) is 32.0. The molecule has 26 nitrogen and oxygen atoms in total. The first-order chi connectivity index (χ1) is 46.4. The van der Waals surface area contributed by atoms with Crippen LogP contribution in [0.5, 0.6) is 0 Å². The summed E-state index contributed by atoms with van der Waals surface area (Å²) in [6, 6.07) is 10.3. The maximum Gasteiger partial charge on any atom is 0.410 e. The molecule has 2 aromatic rings. The van der Waals surface area contributed by atoms with Crippen molar-refractivity contribution >= 4 is 79.4 Å². The highest BCUT2D eigenvalue weighted by Crippen LogP contribution is 2.69. The van der Waals surface area contributed by atoms with Crippen molar-refractivity contribution in [3.63, 3.8) is 0 Å². The number of anilines is 2. The number of nitrogens with two attached hydrogens (primary N) is 1. The zero-order valence-electron chi connectivity index (χ0n) is 58.1. The summed E-state index contributed by atoms with van der Waals surface area (Å²) in [5.74, 6) is -3.90. The lowest BCUT2D eigenvalue weighted by molar-refractivity contribution is -0.144. The number of sulfonamides is 2. The summed E-state index contributed by atoms with van der Waals surface area (Å²) < 4.78 is 83.8. The predicted molar refractivity (Wildman–Crippen MR) is 368 cm³/mol. The monoisotopic (exact) mass is 1410 g/mol. The van der Waals surface area contributed by atoms with Gasteiger partial charge in [-0.2, -0.15) is 0 Å². The average molecular weight is 1410 g/mol. The predicted octanol–water partition coefficient (Wildman–Crippen LogP) is 9.30. The first kappa shape index (κ1) is 77.9. The lowest BCUT2D eigenvalue weighted by Crippen LogP contribution is -2.56. The summed E-state index contributed by atoms with van der Waals surface area (Å²) in [5, 5.41) is 14.5. The number of ether oxygens (including phenoxy) is 5. The second kappa shape index (κ2) is 34.1. The van der Waals surface area contributed by atoms with Crippen molar-refractivity contribution in [2.24, 2.45) is 28.4 Å².